The maximum absolute atomic E-state index is 5.96. The molecule has 0 spiro atoms. The van der Waals surface area contributed by atoms with E-state index in [-0.39, 0.29) is 0 Å². The molecule has 0 amide bonds. The molecule has 5 heteroatoms. The third-order valence-corrected chi connectivity index (χ3v) is 2.85. The molecule has 0 aliphatic carbocycles. The summed E-state index contributed by atoms with van der Waals surface area (Å²) in [4.78, 5) is 6.25. The van der Waals surface area contributed by atoms with Gasteiger partial charge in [0, 0.05) is 24.9 Å². The van der Waals surface area contributed by atoms with Crippen molar-refractivity contribution < 1.29 is 9.47 Å². The van der Waals surface area contributed by atoms with Crippen molar-refractivity contribution in [2.24, 2.45) is 0 Å². The highest BCUT2D eigenvalue weighted by Crippen LogP contribution is 2.30. The molecule has 0 aliphatic heterocycles. The third-order valence-electron chi connectivity index (χ3n) is 2.85. The minimum absolute atomic E-state index is 0.527. The summed E-state index contributed by atoms with van der Waals surface area (Å²) in [5.74, 6) is 1.96. The van der Waals surface area contributed by atoms with Gasteiger partial charge in [-0.2, -0.15) is 4.98 Å². The van der Waals surface area contributed by atoms with Gasteiger partial charge in [0.15, 0.2) is 5.82 Å². The molecule has 1 aromatic carbocycles. The first kappa shape index (κ1) is 13.0. The Bertz CT molecular complexity index is 572. The topological polar surface area (TPSA) is 60.6 Å². The molecule has 0 saturated carbocycles. The molecule has 0 saturated heterocycles. The van der Waals surface area contributed by atoms with Crippen molar-refractivity contribution in [1.82, 2.24) is 4.98 Å². The molecule has 5 nitrogen and oxygen atoms in total. The van der Waals surface area contributed by atoms with E-state index in [4.69, 9.17) is 15.2 Å². The van der Waals surface area contributed by atoms with Crippen LogP contribution in [0.3, 0.4) is 0 Å². The molecule has 19 heavy (non-hydrogen) atoms. The molecule has 0 unspecified atom stereocenters. The Morgan fingerprint density at radius 3 is 2.58 bits per heavy atom. The quantitative estimate of drug-likeness (QED) is 0.913. The number of anilines is 3. The van der Waals surface area contributed by atoms with Crippen LogP contribution in [0, 0.1) is 0 Å². The van der Waals surface area contributed by atoms with Crippen molar-refractivity contribution in [3.8, 4) is 11.6 Å². The van der Waals surface area contributed by atoms with Gasteiger partial charge in [-0.05, 0) is 18.2 Å². The number of ether oxygens (including phenoxy) is 2. The van der Waals surface area contributed by atoms with E-state index in [1.54, 1.807) is 26.4 Å². The fourth-order valence-corrected chi connectivity index (χ4v) is 1.77. The minimum Gasteiger partial charge on any atom is -0.497 e. The highest BCUT2D eigenvalue weighted by atomic mass is 16.5. The molecule has 2 aromatic rings. The fraction of sp³-hybridized carbons (Fsp3) is 0.214. The Kier molecular flexibility index (Phi) is 3.75. The van der Waals surface area contributed by atoms with Crippen LogP contribution >= 0.6 is 0 Å². The van der Waals surface area contributed by atoms with Gasteiger partial charge >= 0.3 is 0 Å². The summed E-state index contributed by atoms with van der Waals surface area (Å²) in [6.45, 7) is 0. The average Bonchev–Trinajstić information content (AvgIpc) is 2.47. The van der Waals surface area contributed by atoms with Gasteiger partial charge in [-0.1, -0.05) is 6.07 Å². The van der Waals surface area contributed by atoms with Crippen molar-refractivity contribution in [3.63, 3.8) is 0 Å². The number of benzene rings is 1. The van der Waals surface area contributed by atoms with Crippen LogP contribution in [0.4, 0.5) is 17.2 Å². The van der Waals surface area contributed by atoms with Crippen molar-refractivity contribution >= 4 is 17.2 Å². The normalized spacial score (nSPS) is 10.1. The molecule has 1 aromatic heterocycles. The highest BCUT2D eigenvalue weighted by Gasteiger charge is 2.11. The Morgan fingerprint density at radius 2 is 1.89 bits per heavy atom. The Labute approximate surface area is 112 Å². The standard InChI is InChI=1S/C14H17N3O2/c1-17(10-5-4-6-11(9-10)18-2)14-12(15)7-8-13(16-14)19-3/h4-9H,15H2,1-3H3. The summed E-state index contributed by atoms with van der Waals surface area (Å²) in [6, 6.07) is 11.2. The van der Waals surface area contributed by atoms with Gasteiger partial charge in [0.05, 0.1) is 19.9 Å². The van der Waals surface area contributed by atoms with Gasteiger partial charge in [-0.25, -0.2) is 0 Å². The van der Waals surface area contributed by atoms with Crippen LogP contribution in [-0.2, 0) is 0 Å². The van der Waals surface area contributed by atoms with Gasteiger partial charge < -0.3 is 20.1 Å². The maximum Gasteiger partial charge on any atom is 0.215 e. The van der Waals surface area contributed by atoms with Crippen LogP contribution in [0.1, 0.15) is 0 Å². The molecule has 0 fully saturated rings. The van der Waals surface area contributed by atoms with Crippen molar-refractivity contribution in [2.75, 3.05) is 31.9 Å². The number of nitrogens with zero attached hydrogens (tertiary/aromatic N) is 2. The number of hydrogen-bond acceptors (Lipinski definition) is 5. The van der Waals surface area contributed by atoms with E-state index < -0.39 is 0 Å². The van der Waals surface area contributed by atoms with E-state index >= 15 is 0 Å². The summed E-state index contributed by atoms with van der Waals surface area (Å²) in [5, 5.41) is 0. The Morgan fingerprint density at radius 1 is 1.11 bits per heavy atom. The number of nitrogen functional groups attached to an aromatic ring is 1. The third kappa shape index (κ3) is 2.70. The lowest BCUT2D eigenvalue weighted by atomic mass is 10.2. The van der Waals surface area contributed by atoms with E-state index in [0.29, 0.717) is 17.4 Å². The molecule has 100 valence electrons. The second kappa shape index (κ2) is 5.48. The van der Waals surface area contributed by atoms with Crippen LogP contribution in [-0.4, -0.2) is 26.3 Å². The molecule has 1 heterocycles. The summed E-state index contributed by atoms with van der Waals surface area (Å²) < 4.78 is 10.3. The Hall–Kier alpha value is -2.43. The van der Waals surface area contributed by atoms with Gasteiger partial charge in [-0.15, -0.1) is 0 Å². The monoisotopic (exact) mass is 259 g/mol. The smallest absolute Gasteiger partial charge is 0.215 e. The summed E-state index contributed by atoms with van der Waals surface area (Å²) in [5.41, 5.74) is 7.49. The zero-order valence-electron chi connectivity index (χ0n) is 11.3. The molecular formula is C14H17N3O2. The average molecular weight is 259 g/mol. The zero-order valence-corrected chi connectivity index (χ0v) is 11.3. The molecule has 0 bridgehead atoms. The van der Waals surface area contributed by atoms with E-state index in [1.165, 1.54) is 0 Å². The summed E-state index contributed by atoms with van der Waals surface area (Å²) in [6.07, 6.45) is 0. The first-order chi connectivity index (χ1) is 9.15. The fourth-order valence-electron chi connectivity index (χ4n) is 1.77. The Balaban J connectivity index is 2.39. The van der Waals surface area contributed by atoms with Crippen molar-refractivity contribution in [2.45, 2.75) is 0 Å². The van der Waals surface area contributed by atoms with E-state index in [1.807, 2.05) is 36.2 Å². The van der Waals surface area contributed by atoms with E-state index in [9.17, 15) is 0 Å². The number of rotatable bonds is 4. The SMILES string of the molecule is COc1cccc(N(C)c2nc(OC)ccc2N)c1. The molecule has 2 N–H and O–H groups in total. The zero-order chi connectivity index (χ0) is 13.8. The van der Waals surface area contributed by atoms with Gasteiger partial charge in [0.1, 0.15) is 5.75 Å². The number of hydrogen-bond donors (Lipinski definition) is 1. The maximum atomic E-state index is 5.96. The highest BCUT2D eigenvalue weighted by molar-refractivity contribution is 5.71. The van der Waals surface area contributed by atoms with Crippen LogP contribution < -0.4 is 20.1 Å². The van der Waals surface area contributed by atoms with Crippen LogP contribution in [0.15, 0.2) is 36.4 Å². The summed E-state index contributed by atoms with van der Waals surface area (Å²) >= 11 is 0. The molecular weight excluding hydrogens is 242 g/mol. The van der Waals surface area contributed by atoms with Gasteiger partial charge in [-0.3, -0.25) is 0 Å². The van der Waals surface area contributed by atoms with Crippen LogP contribution in [0.5, 0.6) is 11.6 Å². The predicted molar refractivity (Wildman–Crippen MR) is 76.3 cm³/mol. The summed E-state index contributed by atoms with van der Waals surface area (Å²) in [7, 11) is 5.11. The van der Waals surface area contributed by atoms with Gasteiger partial charge in [0.25, 0.3) is 0 Å². The predicted octanol–water partition coefficient (Wildman–Crippen LogP) is 2.45. The number of nitrogens with two attached hydrogens (primary N) is 1. The molecule has 2 rings (SSSR count). The largest absolute Gasteiger partial charge is 0.497 e. The first-order valence-electron chi connectivity index (χ1n) is 5.84. The van der Waals surface area contributed by atoms with Crippen LogP contribution in [0.2, 0.25) is 0 Å². The molecule has 0 radical (unpaired) electrons. The lowest BCUT2D eigenvalue weighted by Gasteiger charge is -2.20. The first-order valence-corrected chi connectivity index (χ1v) is 5.84. The number of methoxy groups -OCH3 is 2. The molecule has 0 aliphatic rings. The number of aromatic nitrogens is 1. The minimum atomic E-state index is 0.527. The van der Waals surface area contributed by atoms with E-state index in [2.05, 4.69) is 4.98 Å². The van der Waals surface area contributed by atoms with Crippen molar-refractivity contribution in [3.05, 3.63) is 36.4 Å². The van der Waals surface area contributed by atoms with Crippen molar-refractivity contribution in [1.29, 1.82) is 0 Å². The second-order valence-electron chi connectivity index (χ2n) is 4.03. The number of pyridine rings is 1. The lowest BCUT2D eigenvalue weighted by molar-refractivity contribution is 0.398. The second-order valence-corrected chi connectivity index (χ2v) is 4.03. The van der Waals surface area contributed by atoms with E-state index in [0.717, 1.165) is 11.4 Å². The van der Waals surface area contributed by atoms with Gasteiger partial charge in [0.2, 0.25) is 5.88 Å². The van der Waals surface area contributed by atoms with Crippen LogP contribution in [0.25, 0.3) is 0 Å². The molecule has 0 atom stereocenters. The lowest BCUT2D eigenvalue weighted by Crippen LogP contribution is -2.13.